The number of phenolic OH excluding ortho intramolecular Hbond substituents is 2. The number of pyridine rings is 1. The second-order valence-electron chi connectivity index (χ2n) is 3.08. The van der Waals surface area contributed by atoms with Gasteiger partial charge in [-0.1, -0.05) is 0 Å². The lowest BCUT2D eigenvalue weighted by molar-refractivity contribution is -0.670. The molecule has 0 fully saturated rings. The smallest absolute Gasteiger partial charge is 0.176 e. The SMILES string of the molecule is C[n+]1ccc2cc(O)c(O)cc2c1. The summed E-state index contributed by atoms with van der Waals surface area (Å²) in [5.74, 6) is -0.167. The zero-order valence-electron chi connectivity index (χ0n) is 7.23. The van der Waals surface area contributed by atoms with Gasteiger partial charge in [0.1, 0.15) is 7.05 Å². The molecule has 3 heteroatoms. The second kappa shape index (κ2) is 2.62. The molecule has 0 atom stereocenters. The quantitative estimate of drug-likeness (QED) is 0.466. The molecule has 3 nitrogen and oxygen atoms in total. The van der Waals surface area contributed by atoms with Crippen molar-refractivity contribution in [1.29, 1.82) is 0 Å². The Morgan fingerprint density at radius 3 is 2.38 bits per heavy atom. The molecule has 0 aliphatic carbocycles. The fourth-order valence-electron chi connectivity index (χ4n) is 1.33. The van der Waals surface area contributed by atoms with Gasteiger partial charge in [0.05, 0.1) is 0 Å². The van der Waals surface area contributed by atoms with Crippen LogP contribution in [0.2, 0.25) is 0 Å². The van der Waals surface area contributed by atoms with Gasteiger partial charge >= 0.3 is 0 Å². The number of aryl methyl sites for hydroxylation is 1. The summed E-state index contributed by atoms with van der Waals surface area (Å²) < 4.78 is 1.89. The minimum atomic E-state index is -0.0845. The Bertz CT molecular complexity index is 466. The molecule has 2 N–H and O–H groups in total. The van der Waals surface area contributed by atoms with Crippen LogP contribution in [0.15, 0.2) is 30.6 Å². The molecule has 0 aliphatic rings. The number of fused-ring (bicyclic) bond motifs is 1. The maximum atomic E-state index is 9.25. The van der Waals surface area contributed by atoms with E-state index in [1.165, 1.54) is 0 Å². The third kappa shape index (κ3) is 1.28. The maximum absolute atomic E-state index is 9.25. The highest BCUT2D eigenvalue weighted by Gasteiger charge is 2.04. The average Bonchev–Trinajstić information content (AvgIpc) is 2.08. The molecular formula is C10H10NO2+. The van der Waals surface area contributed by atoms with Crippen molar-refractivity contribution in [2.24, 2.45) is 7.05 Å². The number of hydrogen-bond donors (Lipinski definition) is 2. The third-order valence-corrected chi connectivity index (χ3v) is 2.01. The number of aromatic nitrogens is 1. The molecule has 0 saturated carbocycles. The predicted molar refractivity (Wildman–Crippen MR) is 48.5 cm³/mol. The Balaban J connectivity index is 2.81. The Kier molecular flexibility index (Phi) is 1.59. The summed E-state index contributed by atoms with van der Waals surface area (Å²) in [5.41, 5.74) is 0. The van der Waals surface area contributed by atoms with E-state index in [0.29, 0.717) is 0 Å². The number of rotatable bonds is 0. The zero-order chi connectivity index (χ0) is 9.42. The van der Waals surface area contributed by atoms with E-state index in [1.54, 1.807) is 12.1 Å². The standard InChI is InChI=1S/C10H9NO2/c1-11-3-2-7-4-9(12)10(13)5-8(7)6-11/h2-6,13H,1H3/p+1. The third-order valence-electron chi connectivity index (χ3n) is 2.01. The Labute approximate surface area is 75.5 Å². The summed E-state index contributed by atoms with van der Waals surface area (Å²) in [5, 5.41) is 20.3. The van der Waals surface area contributed by atoms with Gasteiger partial charge in [-0.2, -0.15) is 0 Å². The summed E-state index contributed by atoms with van der Waals surface area (Å²) in [6, 6.07) is 4.98. The van der Waals surface area contributed by atoms with Crippen LogP contribution < -0.4 is 4.57 Å². The second-order valence-corrected chi connectivity index (χ2v) is 3.08. The van der Waals surface area contributed by atoms with Crippen LogP contribution in [-0.2, 0) is 7.05 Å². The lowest BCUT2D eigenvalue weighted by Crippen LogP contribution is -2.25. The van der Waals surface area contributed by atoms with E-state index >= 15 is 0 Å². The highest BCUT2D eigenvalue weighted by atomic mass is 16.3. The van der Waals surface area contributed by atoms with Gasteiger partial charge < -0.3 is 10.2 Å². The molecule has 66 valence electrons. The molecule has 1 aromatic heterocycles. The van der Waals surface area contributed by atoms with Crippen LogP contribution in [-0.4, -0.2) is 10.2 Å². The molecule has 0 radical (unpaired) electrons. The van der Waals surface area contributed by atoms with Gasteiger partial charge in [0.15, 0.2) is 23.9 Å². The lowest BCUT2D eigenvalue weighted by atomic mass is 10.1. The van der Waals surface area contributed by atoms with Crippen molar-refractivity contribution in [3.8, 4) is 11.5 Å². The predicted octanol–water partition coefficient (Wildman–Crippen LogP) is 1.08. The molecule has 0 unspecified atom stereocenters. The minimum Gasteiger partial charge on any atom is -0.504 e. The van der Waals surface area contributed by atoms with Crippen molar-refractivity contribution in [3.63, 3.8) is 0 Å². The Hall–Kier alpha value is -1.77. The normalized spacial score (nSPS) is 10.5. The molecule has 0 saturated heterocycles. The van der Waals surface area contributed by atoms with Gasteiger partial charge in [-0.3, -0.25) is 0 Å². The summed E-state index contributed by atoms with van der Waals surface area (Å²) in [6.45, 7) is 0. The van der Waals surface area contributed by atoms with Crippen LogP contribution in [0.5, 0.6) is 11.5 Å². The number of hydrogen-bond acceptors (Lipinski definition) is 2. The summed E-state index contributed by atoms with van der Waals surface area (Å²) >= 11 is 0. The largest absolute Gasteiger partial charge is 0.504 e. The van der Waals surface area contributed by atoms with Gasteiger partial charge in [-0.15, -0.1) is 0 Å². The van der Waals surface area contributed by atoms with Crippen LogP contribution in [0, 0.1) is 0 Å². The van der Waals surface area contributed by atoms with Crippen LogP contribution in [0.4, 0.5) is 0 Å². The molecule has 0 aliphatic heterocycles. The molecule has 2 aromatic rings. The van der Waals surface area contributed by atoms with E-state index in [2.05, 4.69) is 0 Å². The van der Waals surface area contributed by atoms with Crippen molar-refractivity contribution in [2.45, 2.75) is 0 Å². The van der Waals surface area contributed by atoms with Crippen LogP contribution in [0.25, 0.3) is 10.8 Å². The van der Waals surface area contributed by atoms with Gasteiger partial charge in [-0.05, 0) is 17.5 Å². The van der Waals surface area contributed by atoms with E-state index in [4.69, 9.17) is 0 Å². The van der Waals surface area contributed by atoms with Crippen molar-refractivity contribution in [1.82, 2.24) is 0 Å². The number of phenols is 2. The van der Waals surface area contributed by atoms with E-state index in [9.17, 15) is 10.2 Å². The molecule has 0 bridgehead atoms. The summed E-state index contributed by atoms with van der Waals surface area (Å²) in [7, 11) is 1.91. The minimum absolute atomic E-state index is 0.0821. The van der Waals surface area contributed by atoms with E-state index in [1.807, 2.05) is 30.1 Å². The first kappa shape index (κ1) is 7.86. The molecule has 1 heterocycles. The summed E-state index contributed by atoms with van der Waals surface area (Å²) in [6.07, 6.45) is 3.77. The molecule has 2 rings (SSSR count). The highest BCUT2D eigenvalue weighted by molar-refractivity contribution is 5.84. The lowest BCUT2D eigenvalue weighted by Gasteiger charge is -1.99. The average molecular weight is 176 g/mol. The Morgan fingerprint density at radius 2 is 1.69 bits per heavy atom. The fourth-order valence-corrected chi connectivity index (χ4v) is 1.33. The van der Waals surface area contributed by atoms with Crippen molar-refractivity contribution in [3.05, 3.63) is 30.6 Å². The highest BCUT2D eigenvalue weighted by Crippen LogP contribution is 2.28. The van der Waals surface area contributed by atoms with Crippen LogP contribution >= 0.6 is 0 Å². The molecule has 0 spiro atoms. The van der Waals surface area contributed by atoms with Crippen LogP contribution in [0.1, 0.15) is 0 Å². The van der Waals surface area contributed by atoms with Gasteiger partial charge in [0, 0.05) is 11.5 Å². The number of benzene rings is 1. The first-order valence-electron chi connectivity index (χ1n) is 3.98. The molecule has 13 heavy (non-hydrogen) atoms. The number of nitrogens with zero attached hydrogens (tertiary/aromatic N) is 1. The molecule has 0 amide bonds. The monoisotopic (exact) mass is 176 g/mol. The van der Waals surface area contributed by atoms with Gasteiger partial charge in [0.2, 0.25) is 0 Å². The Morgan fingerprint density at radius 1 is 1.08 bits per heavy atom. The van der Waals surface area contributed by atoms with Crippen molar-refractivity contribution < 1.29 is 14.8 Å². The maximum Gasteiger partial charge on any atom is 0.176 e. The fraction of sp³-hybridized carbons (Fsp3) is 0.100. The van der Waals surface area contributed by atoms with Gasteiger partial charge in [-0.25, -0.2) is 4.57 Å². The zero-order valence-corrected chi connectivity index (χ0v) is 7.23. The van der Waals surface area contributed by atoms with Crippen LogP contribution in [0.3, 0.4) is 0 Å². The topological polar surface area (TPSA) is 44.3 Å². The first-order valence-corrected chi connectivity index (χ1v) is 3.98. The molecule has 1 aromatic carbocycles. The number of aromatic hydroxyl groups is 2. The van der Waals surface area contributed by atoms with Gasteiger partial charge in [0.25, 0.3) is 0 Å². The van der Waals surface area contributed by atoms with Crippen molar-refractivity contribution >= 4 is 10.8 Å². The molecular weight excluding hydrogens is 166 g/mol. The first-order chi connectivity index (χ1) is 6.16. The summed E-state index contributed by atoms with van der Waals surface area (Å²) in [4.78, 5) is 0. The van der Waals surface area contributed by atoms with Crippen molar-refractivity contribution in [2.75, 3.05) is 0 Å². The van der Waals surface area contributed by atoms with E-state index < -0.39 is 0 Å². The van der Waals surface area contributed by atoms with E-state index in [0.717, 1.165) is 10.8 Å². The van der Waals surface area contributed by atoms with E-state index in [-0.39, 0.29) is 11.5 Å².